The highest BCUT2D eigenvalue weighted by molar-refractivity contribution is 5.22. The Morgan fingerprint density at radius 3 is 2.88 bits per heavy atom. The van der Waals surface area contributed by atoms with Gasteiger partial charge in [0.2, 0.25) is 0 Å². The van der Waals surface area contributed by atoms with E-state index in [-0.39, 0.29) is 0 Å². The van der Waals surface area contributed by atoms with Crippen LogP contribution >= 0.6 is 0 Å². The van der Waals surface area contributed by atoms with Gasteiger partial charge in [-0.25, -0.2) is 0 Å². The van der Waals surface area contributed by atoms with E-state index in [1.165, 1.54) is 43.4 Å². The van der Waals surface area contributed by atoms with Crippen molar-refractivity contribution < 1.29 is 0 Å². The van der Waals surface area contributed by atoms with E-state index in [1.807, 2.05) is 13.2 Å². The van der Waals surface area contributed by atoms with Crippen LogP contribution in [0.2, 0.25) is 0 Å². The van der Waals surface area contributed by atoms with Crippen LogP contribution in [-0.4, -0.2) is 23.3 Å². The van der Waals surface area contributed by atoms with Crippen LogP contribution in [0.25, 0.3) is 0 Å². The van der Waals surface area contributed by atoms with Crippen LogP contribution in [0.5, 0.6) is 0 Å². The zero-order chi connectivity index (χ0) is 11.4. The third kappa shape index (κ3) is 2.64. The minimum atomic E-state index is 0.528. The molecule has 0 amide bonds. The van der Waals surface area contributed by atoms with Gasteiger partial charge in [-0.15, -0.1) is 0 Å². The lowest BCUT2D eigenvalue weighted by Gasteiger charge is -2.22. The molecule has 1 unspecified atom stereocenters. The van der Waals surface area contributed by atoms with E-state index in [0.29, 0.717) is 6.04 Å². The lowest BCUT2D eigenvalue weighted by atomic mass is 9.85. The van der Waals surface area contributed by atoms with E-state index in [9.17, 15) is 0 Å². The maximum absolute atomic E-state index is 4.23. The topological polar surface area (TPSA) is 40.7 Å². The summed E-state index contributed by atoms with van der Waals surface area (Å²) in [5.74, 6) is 0.732. The molecule has 1 heterocycles. The SMILES string of the molecule is CNC(C)Cc1cn[nH]c1C1CCCCC1. The summed E-state index contributed by atoms with van der Waals surface area (Å²) in [7, 11) is 2.02. The molecule has 0 aromatic carbocycles. The van der Waals surface area contributed by atoms with Crippen molar-refractivity contribution in [2.45, 2.75) is 57.4 Å². The maximum Gasteiger partial charge on any atom is 0.0522 e. The third-order valence-corrected chi connectivity index (χ3v) is 3.78. The Kier molecular flexibility index (Phi) is 3.99. The van der Waals surface area contributed by atoms with Crippen molar-refractivity contribution in [1.29, 1.82) is 0 Å². The molecule has 1 saturated carbocycles. The largest absolute Gasteiger partial charge is 0.317 e. The average Bonchev–Trinajstić information content (AvgIpc) is 2.78. The van der Waals surface area contributed by atoms with Gasteiger partial charge in [0.1, 0.15) is 0 Å². The lowest BCUT2D eigenvalue weighted by molar-refractivity contribution is 0.433. The summed E-state index contributed by atoms with van der Waals surface area (Å²) < 4.78 is 0. The molecule has 0 radical (unpaired) electrons. The van der Waals surface area contributed by atoms with E-state index >= 15 is 0 Å². The molecular weight excluding hydrogens is 198 g/mol. The molecule has 0 bridgehead atoms. The van der Waals surface area contributed by atoms with Crippen LogP contribution in [0.4, 0.5) is 0 Å². The number of rotatable bonds is 4. The smallest absolute Gasteiger partial charge is 0.0522 e. The van der Waals surface area contributed by atoms with Crippen molar-refractivity contribution in [1.82, 2.24) is 15.5 Å². The monoisotopic (exact) mass is 221 g/mol. The van der Waals surface area contributed by atoms with E-state index in [1.54, 1.807) is 0 Å². The first-order valence-corrected chi connectivity index (χ1v) is 6.50. The minimum absolute atomic E-state index is 0.528. The van der Waals surface area contributed by atoms with Gasteiger partial charge in [0.25, 0.3) is 0 Å². The van der Waals surface area contributed by atoms with Crippen molar-refractivity contribution in [2.75, 3.05) is 7.05 Å². The second-order valence-electron chi connectivity index (χ2n) is 5.04. The van der Waals surface area contributed by atoms with Gasteiger partial charge in [-0.1, -0.05) is 19.3 Å². The van der Waals surface area contributed by atoms with E-state index in [2.05, 4.69) is 22.4 Å². The molecular formula is C13H23N3. The van der Waals surface area contributed by atoms with Crippen LogP contribution in [0.1, 0.15) is 56.2 Å². The van der Waals surface area contributed by atoms with Crippen LogP contribution in [0.15, 0.2) is 6.20 Å². The number of aromatic amines is 1. The Morgan fingerprint density at radius 1 is 1.44 bits per heavy atom. The van der Waals surface area contributed by atoms with Crippen LogP contribution in [-0.2, 0) is 6.42 Å². The van der Waals surface area contributed by atoms with Crippen molar-refractivity contribution in [2.24, 2.45) is 0 Å². The molecule has 1 aromatic rings. The van der Waals surface area contributed by atoms with Gasteiger partial charge < -0.3 is 5.32 Å². The number of H-pyrrole nitrogens is 1. The van der Waals surface area contributed by atoms with Crippen LogP contribution in [0.3, 0.4) is 0 Å². The molecule has 3 nitrogen and oxygen atoms in total. The Labute approximate surface area is 98.0 Å². The summed E-state index contributed by atoms with van der Waals surface area (Å²) in [4.78, 5) is 0. The first-order valence-electron chi connectivity index (χ1n) is 6.50. The Morgan fingerprint density at radius 2 is 2.19 bits per heavy atom. The van der Waals surface area contributed by atoms with Crippen LogP contribution < -0.4 is 5.32 Å². The number of aromatic nitrogens is 2. The fraction of sp³-hybridized carbons (Fsp3) is 0.769. The summed E-state index contributed by atoms with van der Waals surface area (Å²) >= 11 is 0. The second-order valence-corrected chi connectivity index (χ2v) is 5.04. The minimum Gasteiger partial charge on any atom is -0.317 e. The van der Waals surface area contributed by atoms with Gasteiger partial charge in [-0.05, 0) is 38.8 Å². The number of nitrogens with one attached hydrogen (secondary N) is 2. The molecule has 1 fully saturated rings. The predicted octanol–water partition coefficient (Wildman–Crippen LogP) is 2.61. The summed E-state index contributed by atoms with van der Waals surface area (Å²) in [6.07, 6.45) is 9.94. The molecule has 1 aliphatic rings. The summed E-state index contributed by atoms with van der Waals surface area (Å²) in [5.41, 5.74) is 2.82. The van der Waals surface area contributed by atoms with Crippen molar-refractivity contribution >= 4 is 0 Å². The second kappa shape index (κ2) is 5.48. The van der Waals surface area contributed by atoms with E-state index < -0.39 is 0 Å². The standard InChI is InChI=1S/C13H23N3/c1-10(14-2)8-12-9-15-16-13(12)11-6-4-3-5-7-11/h9-11,14H,3-8H2,1-2H3,(H,15,16). The highest BCUT2D eigenvalue weighted by Crippen LogP contribution is 2.33. The quantitative estimate of drug-likeness (QED) is 0.820. The van der Waals surface area contributed by atoms with Gasteiger partial charge in [0.15, 0.2) is 0 Å². The highest BCUT2D eigenvalue weighted by Gasteiger charge is 2.20. The molecule has 0 spiro atoms. The molecule has 1 atom stereocenters. The van der Waals surface area contributed by atoms with Crippen molar-refractivity contribution in [3.05, 3.63) is 17.5 Å². The summed E-state index contributed by atoms with van der Waals surface area (Å²) in [5, 5.41) is 10.8. The van der Waals surface area contributed by atoms with Gasteiger partial charge in [0, 0.05) is 17.7 Å². The molecule has 1 aromatic heterocycles. The van der Waals surface area contributed by atoms with Gasteiger partial charge in [-0.2, -0.15) is 5.10 Å². The van der Waals surface area contributed by atoms with Crippen molar-refractivity contribution in [3.8, 4) is 0 Å². The molecule has 0 aliphatic heterocycles. The first-order chi connectivity index (χ1) is 7.81. The molecule has 16 heavy (non-hydrogen) atoms. The fourth-order valence-electron chi connectivity index (χ4n) is 2.66. The summed E-state index contributed by atoms with van der Waals surface area (Å²) in [6.45, 7) is 2.22. The predicted molar refractivity (Wildman–Crippen MR) is 66.6 cm³/mol. The van der Waals surface area contributed by atoms with Crippen LogP contribution in [0, 0.1) is 0 Å². The molecule has 2 rings (SSSR count). The Balaban J connectivity index is 2.05. The molecule has 90 valence electrons. The maximum atomic E-state index is 4.23. The molecule has 0 saturated heterocycles. The molecule has 2 N–H and O–H groups in total. The Hall–Kier alpha value is -0.830. The van der Waals surface area contributed by atoms with Gasteiger partial charge in [-0.3, -0.25) is 5.10 Å². The zero-order valence-electron chi connectivity index (χ0n) is 10.4. The number of likely N-dealkylation sites (N-methyl/N-ethyl adjacent to an activating group) is 1. The normalized spacial score (nSPS) is 19.9. The Bertz CT molecular complexity index is 313. The summed E-state index contributed by atoms with van der Waals surface area (Å²) in [6, 6.07) is 0.528. The van der Waals surface area contributed by atoms with Gasteiger partial charge in [0.05, 0.1) is 6.20 Å². The fourth-order valence-corrected chi connectivity index (χ4v) is 2.66. The number of hydrogen-bond acceptors (Lipinski definition) is 2. The third-order valence-electron chi connectivity index (χ3n) is 3.78. The lowest BCUT2D eigenvalue weighted by Crippen LogP contribution is -2.24. The molecule has 3 heteroatoms. The highest BCUT2D eigenvalue weighted by atomic mass is 15.1. The first kappa shape index (κ1) is 11.6. The molecule has 1 aliphatic carbocycles. The number of hydrogen-bond donors (Lipinski definition) is 2. The van der Waals surface area contributed by atoms with Gasteiger partial charge >= 0.3 is 0 Å². The number of nitrogens with zero attached hydrogens (tertiary/aromatic N) is 1. The zero-order valence-corrected chi connectivity index (χ0v) is 10.4. The van der Waals surface area contributed by atoms with E-state index in [0.717, 1.165) is 12.3 Å². The van der Waals surface area contributed by atoms with E-state index in [4.69, 9.17) is 0 Å². The average molecular weight is 221 g/mol. The van der Waals surface area contributed by atoms with Crippen molar-refractivity contribution in [3.63, 3.8) is 0 Å².